The minimum atomic E-state index is -0.324. The number of hydrogen-bond donors (Lipinski definition) is 3. The lowest BCUT2D eigenvalue weighted by Gasteiger charge is -2.47. The van der Waals surface area contributed by atoms with E-state index in [1.54, 1.807) is 0 Å². The Labute approximate surface area is 89.8 Å². The van der Waals surface area contributed by atoms with Crippen molar-refractivity contribution >= 4 is 6.03 Å². The third-order valence-corrected chi connectivity index (χ3v) is 3.48. The highest BCUT2D eigenvalue weighted by atomic mass is 16.3. The van der Waals surface area contributed by atoms with Crippen LogP contribution in [0.15, 0.2) is 0 Å². The van der Waals surface area contributed by atoms with Crippen LogP contribution in [0, 0.1) is 0 Å². The van der Waals surface area contributed by atoms with Crippen molar-refractivity contribution in [3.05, 3.63) is 0 Å². The summed E-state index contributed by atoms with van der Waals surface area (Å²) in [6.07, 6.45) is 2.66. The van der Waals surface area contributed by atoms with Crippen molar-refractivity contribution in [1.29, 1.82) is 0 Å². The average Bonchev–Trinajstić information content (AvgIpc) is 2.30. The maximum atomic E-state index is 11.7. The van der Waals surface area contributed by atoms with Crippen LogP contribution in [0.2, 0.25) is 0 Å². The van der Waals surface area contributed by atoms with Crippen LogP contribution in [0.25, 0.3) is 0 Å². The maximum absolute atomic E-state index is 11.7. The minimum Gasteiger partial charge on any atom is -0.394 e. The summed E-state index contributed by atoms with van der Waals surface area (Å²) in [6.45, 7) is 3.36. The molecule has 2 aliphatic heterocycles. The smallest absolute Gasteiger partial charge is 0.317 e. The molecule has 0 saturated carbocycles. The minimum absolute atomic E-state index is 0.0165. The van der Waals surface area contributed by atoms with E-state index in [9.17, 15) is 9.90 Å². The van der Waals surface area contributed by atoms with Crippen LogP contribution in [0.4, 0.5) is 4.79 Å². The Balaban J connectivity index is 2.12. The van der Waals surface area contributed by atoms with Gasteiger partial charge in [0.05, 0.1) is 12.1 Å². The van der Waals surface area contributed by atoms with E-state index in [2.05, 4.69) is 10.6 Å². The molecule has 2 heterocycles. The van der Waals surface area contributed by atoms with Crippen molar-refractivity contribution in [2.24, 2.45) is 0 Å². The second-order valence-electron chi connectivity index (χ2n) is 4.37. The Morgan fingerprint density at radius 2 is 2.07 bits per heavy atom. The molecular weight excluding hydrogens is 194 g/mol. The third kappa shape index (κ3) is 1.94. The molecule has 3 N–H and O–H groups in total. The van der Waals surface area contributed by atoms with Crippen LogP contribution in [-0.4, -0.2) is 54.4 Å². The fourth-order valence-electron chi connectivity index (χ4n) is 2.49. The molecule has 15 heavy (non-hydrogen) atoms. The van der Waals surface area contributed by atoms with Gasteiger partial charge in [-0.05, 0) is 32.4 Å². The summed E-state index contributed by atoms with van der Waals surface area (Å²) in [6, 6.07) is -0.0165. The van der Waals surface area contributed by atoms with Gasteiger partial charge in [0.1, 0.15) is 0 Å². The molecule has 2 rings (SSSR count). The number of aliphatic hydroxyl groups excluding tert-OH is 1. The Morgan fingerprint density at radius 3 is 2.67 bits per heavy atom. The summed E-state index contributed by atoms with van der Waals surface area (Å²) < 4.78 is 0. The molecule has 0 aromatic heterocycles. The van der Waals surface area contributed by atoms with Crippen LogP contribution in [0.1, 0.15) is 19.3 Å². The quantitative estimate of drug-likeness (QED) is 0.580. The fraction of sp³-hybridized carbons (Fsp3) is 0.900. The molecule has 2 amide bonds. The molecule has 0 bridgehead atoms. The standard InChI is InChI=1S/C10H19N3O2/c14-8-10(2-5-11-6-3-10)13-7-1-4-12-9(13)15/h11,14H,1-8H2,(H,12,15). The second kappa shape index (κ2) is 4.37. The van der Waals surface area contributed by atoms with Crippen molar-refractivity contribution in [3.8, 4) is 0 Å². The summed E-state index contributed by atoms with van der Waals surface area (Å²) in [7, 11) is 0. The van der Waals surface area contributed by atoms with Crippen molar-refractivity contribution in [2.45, 2.75) is 24.8 Å². The van der Waals surface area contributed by atoms with Gasteiger partial charge in [-0.15, -0.1) is 0 Å². The van der Waals surface area contributed by atoms with E-state index in [-0.39, 0.29) is 18.2 Å². The molecule has 5 nitrogen and oxygen atoms in total. The van der Waals surface area contributed by atoms with Crippen LogP contribution in [0.5, 0.6) is 0 Å². The third-order valence-electron chi connectivity index (χ3n) is 3.48. The molecule has 2 aliphatic rings. The predicted molar refractivity (Wildman–Crippen MR) is 56.6 cm³/mol. The Bertz CT molecular complexity index is 239. The number of aliphatic hydroxyl groups is 1. The first-order valence-corrected chi connectivity index (χ1v) is 5.66. The van der Waals surface area contributed by atoms with E-state index in [1.165, 1.54) is 0 Å². The molecule has 86 valence electrons. The molecule has 0 aromatic rings. The number of nitrogens with one attached hydrogen (secondary N) is 2. The van der Waals surface area contributed by atoms with Gasteiger partial charge in [-0.2, -0.15) is 0 Å². The van der Waals surface area contributed by atoms with Crippen molar-refractivity contribution in [2.75, 3.05) is 32.8 Å². The Hall–Kier alpha value is -0.810. The number of piperidine rings is 1. The zero-order valence-corrected chi connectivity index (χ0v) is 8.96. The van der Waals surface area contributed by atoms with E-state index in [0.29, 0.717) is 0 Å². The number of carbonyl (C=O) groups excluding carboxylic acids is 1. The maximum Gasteiger partial charge on any atom is 0.317 e. The largest absolute Gasteiger partial charge is 0.394 e. The molecule has 0 unspecified atom stereocenters. The Kier molecular flexibility index (Phi) is 3.11. The van der Waals surface area contributed by atoms with Crippen LogP contribution < -0.4 is 10.6 Å². The molecule has 2 saturated heterocycles. The summed E-state index contributed by atoms with van der Waals surface area (Å²) in [4.78, 5) is 13.6. The number of nitrogens with zero attached hydrogens (tertiary/aromatic N) is 1. The van der Waals surface area contributed by atoms with Crippen molar-refractivity contribution < 1.29 is 9.90 Å². The SMILES string of the molecule is O=C1NCCCN1C1(CO)CCNCC1. The first-order chi connectivity index (χ1) is 7.28. The molecule has 2 fully saturated rings. The number of carbonyl (C=O) groups is 1. The normalized spacial score (nSPS) is 26.2. The van der Waals surface area contributed by atoms with E-state index >= 15 is 0 Å². The molecule has 0 aliphatic carbocycles. The molecule has 0 aromatic carbocycles. The lowest BCUT2D eigenvalue weighted by Crippen LogP contribution is -2.63. The first kappa shape index (κ1) is 10.7. The number of urea groups is 1. The first-order valence-electron chi connectivity index (χ1n) is 5.66. The number of hydrogen-bond acceptors (Lipinski definition) is 3. The number of amides is 2. The van der Waals surface area contributed by atoms with Gasteiger partial charge in [-0.1, -0.05) is 0 Å². The summed E-state index contributed by atoms with van der Waals surface area (Å²) in [5.74, 6) is 0. The van der Waals surface area contributed by atoms with Gasteiger partial charge in [-0.3, -0.25) is 0 Å². The van der Waals surface area contributed by atoms with Gasteiger partial charge in [0, 0.05) is 13.1 Å². The molecule has 0 spiro atoms. The van der Waals surface area contributed by atoms with Crippen LogP contribution >= 0.6 is 0 Å². The van der Waals surface area contributed by atoms with Gasteiger partial charge in [0.2, 0.25) is 0 Å². The summed E-state index contributed by atoms with van der Waals surface area (Å²) in [5.41, 5.74) is -0.324. The van der Waals surface area contributed by atoms with Gasteiger partial charge in [0.25, 0.3) is 0 Å². The Morgan fingerprint density at radius 1 is 1.33 bits per heavy atom. The van der Waals surface area contributed by atoms with E-state index in [1.807, 2.05) is 4.90 Å². The van der Waals surface area contributed by atoms with Crippen LogP contribution in [0.3, 0.4) is 0 Å². The molecular formula is C10H19N3O2. The lowest BCUT2D eigenvalue weighted by molar-refractivity contribution is 0.0248. The predicted octanol–water partition coefficient (Wildman–Crippen LogP) is -0.484. The zero-order chi connectivity index (χ0) is 10.7. The highest BCUT2D eigenvalue weighted by molar-refractivity contribution is 5.75. The highest BCUT2D eigenvalue weighted by Gasteiger charge is 2.40. The monoisotopic (exact) mass is 213 g/mol. The topological polar surface area (TPSA) is 64.6 Å². The van der Waals surface area contributed by atoms with Gasteiger partial charge in [-0.25, -0.2) is 4.79 Å². The second-order valence-corrected chi connectivity index (χ2v) is 4.37. The van der Waals surface area contributed by atoms with E-state index in [4.69, 9.17) is 0 Å². The lowest BCUT2D eigenvalue weighted by atomic mass is 9.87. The van der Waals surface area contributed by atoms with E-state index in [0.717, 1.165) is 45.4 Å². The van der Waals surface area contributed by atoms with Gasteiger partial charge < -0.3 is 20.6 Å². The average molecular weight is 213 g/mol. The number of rotatable bonds is 2. The van der Waals surface area contributed by atoms with E-state index < -0.39 is 0 Å². The summed E-state index contributed by atoms with van der Waals surface area (Å²) >= 11 is 0. The highest BCUT2D eigenvalue weighted by Crippen LogP contribution is 2.27. The zero-order valence-electron chi connectivity index (χ0n) is 8.96. The fourth-order valence-corrected chi connectivity index (χ4v) is 2.49. The van der Waals surface area contributed by atoms with Gasteiger partial charge >= 0.3 is 6.03 Å². The summed E-state index contributed by atoms with van der Waals surface area (Å²) in [5, 5.41) is 15.7. The van der Waals surface area contributed by atoms with Gasteiger partial charge in [0.15, 0.2) is 0 Å². The van der Waals surface area contributed by atoms with Crippen molar-refractivity contribution in [1.82, 2.24) is 15.5 Å². The molecule has 0 atom stereocenters. The van der Waals surface area contributed by atoms with Crippen molar-refractivity contribution in [3.63, 3.8) is 0 Å². The van der Waals surface area contributed by atoms with Crippen LogP contribution in [-0.2, 0) is 0 Å². The molecule has 5 heteroatoms. The molecule has 0 radical (unpaired) electrons.